The highest BCUT2D eigenvalue weighted by atomic mass is 16.5. The zero-order chi connectivity index (χ0) is 17.5. The summed E-state index contributed by atoms with van der Waals surface area (Å²) in [6.07, 6.45) is 0. The molecule has 1 heterocycles. The van der Waals surface area contributed by atoms with Crippen LogP contribution in [0.2, 0.25) is 0 Å². The van der Waals surface area contributed by atoms with Gasteiger partial charge in [0.05, 0.1) is 5.54 Å². The first-order valence-corrected chi connectivity index (χ1v) is 9.03. The zero-order valence-electron chi connectivity index (χ0n) is 15.5. The van der Waals surface area contributed by atoms with Crippen LogP contribution in [-0.2, 0) is 4.79 Å². The number of carbonyl (C=O) groups excluding carboxylic acids is 1. The molecule has 4 nitrogen and oxygen atoms in total. The molecule has 1 amide bonds. The molecule has 2 atom stereocenters. The van der Waals surface area contributed by atoms with Crippen LogP contribution < -0.4 is 10.1 Å². The molecule has 0 radical (unpaired) electrons. The second kappa shape index (κ2) is 6.40. The average molecular weight is 330 g/mol. The maximum Gasteiger partial charge on any atom is 0.224 e. The van der Waals surface area contributed by atoms with E-state index >= 15 is 0 Å². The third kappa shape index (κ3) is 3.59. The van der Waals surface area contributed by atoms with Gasteiger partial charge in [0, 0.05) is 25.0 Å². The van der Waals surface area contributed by atoms with Gasteiger partial charge in [0.25, 0.3) is 0 Å². The van der Waals surface area contributed by atoms with Gasteiger partial charge < -0.3 is 15.0 Å². The summed E-state index contributed by atoms with van der Waals surface area (Å²) < 4.78 is 5.92. The standard InChI is InChI=1S/C20H30N2O2/c1-13(2)22-10-15-16(11-22)18(15)19(23)21-20(4,5)12-24-17-9-7-6-8-14(17)3/h6-9,13,15-16,18H,10-12H2,1-5H3,(H,21,23). The van der Waals surface area contributed by atoms with Crippen molar-refractivity contribution in [3.63, 3.8) is 0 Å². The minimum Gasteiger partial charge on any atom is -0.491 e. The molecule has 1 saturated heterocycles. The van der Waals surface area contributed by atoms with Gasteiger partial charge in [0.1, 0.15) is 12.4 Å². The highest BCUT2D eigenvalue weighted by molar-refractivity contribution is 5.83. The Morgan fingerprint density at radius 2 is 1.92 bits per heavy atom. The van der Waals surface area contributed by atoms with Gasteiger partial charge in [-0.1, -0.05) is 18.2 Å². The molecule has 0 spiro atoms. The van der Waals surface area contributed by atoms with E-state index in [1.807, 2.05) is 45.0 Å². The second-order valence-corrected chi connectivity index (χ2v) is 8.33. The third-order valence-corrected chi connectivity index (χ3v) is 5.40. The number of carbonyl (C=O) groups is 1. The summed E-state index contributed by atoms with van der Waals surface area (Å²) in [5.74, 6) is 2.40. The molecule has 0 bridgehead atoms. The van der Waals surface area contributed by atoms with E-state index in [-0.39, 0.29) is 17.4 Å². The predicted molar refractivity (Wildman–Crippen MR) is 96.1 cm³/mol. The largest absolute Gasteiger partial charge is 0.491 e. The molecule has 1 aliphatic carbocycles. The number of likely N-dealkylation sites (tertiary alicyclic amines) is 1. The summed E-state index contributed by atoms with van der Waals surface area (Å²) in [5.41, 5.74) is 0.749. The summed E-state index contributed by atoms with van der Waals surface area (Å²) in [4.78, 5) is 15.1. The van der Waals surface area contributed by atoms with Crippen molar-refractivity contribution in [2.24, 2.45) is 17.8 Å². The van der Waals surface area contributed by atoms with Crippen molar-refractivity contribution in [2.45, 2.75) is 46.2 Å². The maximum absolute atomic E-state index is 12.6. The topological polar surface area (TPSA) is 41.6 Å². The Labute approximate surface area is 145 Å². The summed E-state index contributed by atoms with van der Waals surface area (Å²) >= 11 is 0. The molecule has 132 valence electrons. The zero-order valence-corrected chi connectivity index (χ0v) is 15.5. The molecule has 1 aromatic carbocycles. The van der Waals surface area contributed by atoms with Gasteiger partial charge in [0.2, 0.25) is 5.91 Å². The monoisotopic (exact) mass is 330 g/mol. The number of fused-ring (bicyclic) bond motifs is 1. The lowest BCUT2D eigenvalue weighted by Gasteiger charge is -2.28. The fourth-order valence-electron chi connectivity index (χ4n) is 3.80. The van der Waals surface area contributed by atoms with Crippen LogP contribution in [-0.4, -0.2) is 42.1 Å². The molecule has 1 N–H and O–H groups in total. The van der Waals surface area contributed by atoms with Gasteiger partial charge >= 0.3 is 0 Å². The number of aryl methyl sites for hydroxylation is 1. The Morgan fingerprint density at radius 1 is 1.29 bits per heavy atom. The summed E-state index contributed by atoms with van der Waals surface area (Å²) in [6, 6.07) is 8.56. The Balaban J connectivity index is 1.49. The van der Waals surface area contributed by atoms with Crippen LogP contribution in [0.1, 0.15) is 33.3 Å². The lowest BCUT2D eigenvalue weighted by atomic mass is 10.1. The van der Waals surface area contributed by atoms with Gasteiger partial charge in [-0.05, 0) is 58.1 Å². The van der Waals surface area contributed by atoms with E-state index in [0.717, 1.165) is 24.4 Å². The van der Waals surface area contributed by atoms with Crippen molar-refractivity contribution >= 4 is 5.91 Å². The smallest absolute Gasteiger partial charge is 0.224 e. The minimum atomic E-state index is -0.367. The quantitative estimate of drug-likeness (QED) is 0.872. The third-order valence-electron chi connectivity index (χ3n) is 5.40. The maximum atomic E-state index is 12.6. The molecular formula is C20H30N2O2. The minimum absolute atomic E-state index is 0.201. The van der Waals surface area contributed by atoms with Gasteiger partial charge in [-0.15, -0.1) is 0 Å². The first-order valence-electron chi connectivity index (χ1n) is 9.03. The van der Waals surface area contributed by atoms with E-state index in [1.54, 1.807) is 0 Å². The lowest BCUT2D eigenvalue weighted by Crippen LogP contribution is -2.49. The molecule has 1 saturated carbocycles. The van der Waals surface area contributed by atoms with E-state index in [0.29, 0.717) is 24.5 Å². The molecule has 1 aliphatic heterocycles. The molecule has 4 heteroatoms. The first kappa shape index (κ1) is 17.3. The fraction of sp³-hybridized carbons (Fsp3) is 0.650. The SMILES string of the molecule is Cc1ccccc1OCC(C)(C)NC(=O)C1C2CN(C(C)C)CC21. The highest BCUT2D eigenvalue weighted by Crippen LogP contribution is 2.52. The Kier molecular flexibility index (Phi) is 4.60. The van der Waals surface area contributed by atoms with Gasteiger partial charge in [0.15, 0.2) is 0 Å². The van der Waals surface area contributed by atoms with E-state index in [1.165, 1.54) is 0 Å². The fourth-order valence-corrected chi connectivity index (χ4v) is 3.80. The number of benzene rings is 1. The lowest BCUT2D eigenvalue weighted by molar-refractivity contribution is -0.125. The average Bonchev–Trinajstić information content (AvgIpc) is 3.01. The number of nitrogens with one attached hydrogen (secondary N) is 1. The number of hydrogen-bond donors (Lipinski definition) is 1. The van der Waals surface area contributed by atoms with E-state index < -0.39 is 0 Å². The second-order valence-electron chi connectivity index (χ2n) is 8.33. The first-order chi connectivity index (χ1) is 11.3. The molecule has 2 unspecified atom stereocenters. The molecular weight excluding hydrogens is 300 g/mol. The molecule has 0 aromatic heterocycles. The van der Waals surface area contributed by atoms with Crippen LogP contribution in [0.15, 0.2) is 24.3 Å². The normalized spacial score (nSPS) is 26.3. The number of amides is 1. The summed E-state index contributed by atoms with van der Waals surface area (Å²) in [6.45, 7) is 13.2. The van der Waals surface area contributed by atoms with Crippen LogP contribution >= 0.6 is 0 Å². The van der Waals surface area contributed by atoms with Crippen LogP contribution in [0.3, 0.4) is 0 Å². The van der Waals surface area contributed by atoms with Gasteiger partial charge in [-0.2, -0.15) is 0 Å². The number of hydrogen-bond acceptors (Lipinski definition) is 3. The Hall–Kier alpha value is -1.55. The van der Waals surface area contributed by atoms with Crippen molar-refractivity contribution in [3.8, 4) is 5.75 Å². The molecule has 1 aromatic rings. The number of rotatable bonds is 6. The van der Waals surface area contributed by atoms with Crippen LogP contribution in [0.5, 0.6) is 5.75 Å². The van der Waals surface area contributed by atoms with Crippen molar-refractivity contribution < 1.29 is 9.53 Å². The van der Waals surface area contributed by atoms with Crippen LogP contribution in [0.4, 0.5) is 0 Å². The summed E-state index contributed by atoms with van der Waals surface area (Å²) in [5, 5.41) is 3.20. The van der Waals surface area contributed by atoms with E-state index in [4.69, 9.17) is 4.74 Å². The van der Waals surface area contributed by atoms with E-state index in [2.05, 4.69) is 24.1 Å². The number of nitrogens with zero attached hydrogens (tertiary/aromatic N) is 1. The molecule has 24 heavy (non-hydrogen) atoms. The molecule has 3 rings (SSSR count). The number of ether oxygens (including phenoxy) is 1. The Bertz CT molecular complexity index is 599. The van der Waals surface area contributed by atoms with Gasteiger partial charge in [-0.3, -0.25) is 4.79 Å². The van der Waals surface area contributed by atoms with E-state index in [9.17, 15) is 4.79 Å². The van der Waals surface area contributed by atoms with Crippen molar-refractivity contribution in [2.75, 3.05) is 19.7 Å². The van der Waals surface area contributed by atoms with Crippen LogP contribution in [0, 0.1) is 24.7 Å². The molecule has 2 aliphatic rings. The number of para-hydroxylation sites is 1. The number of piperidine rings is 1. The van der Waals surface area contributed by atoms with Crippen LogP contribution in [0.25, 0.3) is 0 Å². The molecule has 2 fully saturated rings. The predicted octanol–water partition coefficient (Wildman–Crippen LogP) is 2.85. The van der Waals surface area contributed by atoms with Crippen molar-refractivity contribution in [1.29, 1.82) is 0 Å². The van der Waals surface area contributed by atoms with Gasteiger partial charge in [-0.25, -0.2) is 0 Å². The Morgan fingerprint density at radius 3 is 2.50 bits per heavy atom. The summed E-state index contributed by atoms with van der Waals surface area (Å²) in [7, 11) is 0. The van der Waals surface area contributed by atoms with Crippen molar-refractivity contribution in [1.82, 2.24) is 10.2 Å². The highest BCUT2D eigenvalue weighted by Gasteiger charge is 2.59. The van der Waals surface area contributed by atoms with Crippen molar-refractivity contribution in [3.05, 3.63) is 29.8 Å².